The summed E-state index contributed by atoms with van der Waals surface area (Å²) in [4.78, 5) is 11.1. The number of hydrogen-bond acceptors (Lipinski definition) is 4. The second-order valence-electron chi connectivity index (χ2n) is 5.10. The smallest absolute Gasteiger partial charge is 0.307 e. The van der Waals surface area contributed by atoms with Crippen molar-refractivity contribution in [2.75, 3.05) is 19.7 Å². The molecule has 20 heavy (non-hydrogen) atoms. The number of carbonyl (C=O) groups is 1. The van der Waals surface area contributed by atoms with Gasteiger partial charge >= 0.3 is 5.97 Å². The molecule has 0 bridgehead atoms. The van der Waals surface area contributed by atoms with Gasteiger partial charge in [-0.2, -0.15) is 0 Å². The summed E-state index contributed by atoms with van der Waals surface area (Å²) in [5.74, 6) is 0.277. The number of aliphatic hydroxyl groups excluding tert-OH is 1. The summed E-state index contributed by atoms with van der Waals surface area (Å²) >= 11 is 0. The maximum absolute atomic E-state index is 11.1. The average Bonchev–Trinajstić information content (AvgIpc) is 2.43. The SMILES string of the molecule is CCOC(=O)CCNCC(O)c1ccc(C(C)C)cc1. The molecule has 0 fully saturated rings. The molecule has 0 amide bonds. The van der Waals surface area contributed by atoms with Crippen LogP contribution in [0, 0.1) is 0 Å². The van der Waals surface area contributed by atoms with Gasteiger partial charge in [0.15, 0.2) is 0 Å². The van der Waals surface area contributed by atoms with Crippen LogP contribution in [0.15, 0.2) is 24.3 Å². The van der Waals surface area contributed by atoms with Gasteiger partial charge in [0.2, 0.25) is 0 Å². The predicted octanol–water partition coefficient (Wildman–Crippen LogP) is 2.39. The Kier molecular flexibility index (Phi) is 7.26. The van der Waals surface area contributed by atoms with Gasteiger partial charge in [0.1, 0.15) is 0 Å². The van der Waals surface area contributed by atoms with Crippen molar-refractivity contribution in [3.63, 3.8) is 0 Å². The van der Waals surface area contributed by atoms with E-state index in [1.54, 1.807) is 6.92 Å². The largest absolute Gasteiger partial charge is 0.466 e. The average molecular weight is 279 g/mol. The zero-order valence-corrected chi connectivity index (χ0v) is 12.6. The van der Waals surface area contributed by atoms with Gasteiger partial charge in [-0.05, 0) is 24.0 Å². The van der Waals surface area contributed by atoms with Crippen LogP contribution in [-0.4, -0.2) is 30.8 Å². The topological polar surface area (TPSA) is 58.6 Å². The molecule has 1 unspecified atom stereocenters. The predicted molar refractivity (Wildman–Crippen MR) is 79.6 cm³/mol. The van der Waals surface area contributed by atoms with Gasteiger partial charge in [-0.1, -0.05) is 38.1 Å². The van der Waals surface area contributed by atoms with Crippen LogP contribution in [0.1, 0.15) is 50.3 Å². The van der Waals surface area contributed by atoms with Crippen molar-refractivity contribution < 1.29 is 14.6 Å². The van der Waals surface area contributed by atoms with Crippen molar-refractivity contribution in [2.45, 2.75) is 39.2 Å². The maximum Gasteiger partial charge on any atom is 0.307 e. The Balaban J connectivity index is 2.32. The highest BCUT2D eigenvalue weighted by Crippen LogP contribution is 2.18. The Morgan fingerprint density at radius 2 is 1.85 bits per heavy atom. The molecule has 0 spiro atoms. The molecule has 4 nitrogen and oxygen atoms in total. The fourth-order valence-corrected chi connectivity index (χ4v) is 1.88. The molecule has 0 aliphatic heterocycles. The van der Waals surface area contributed by atoms with Crippen molar-refractivity contribution in [2.24, 2.45) is 0 Å². The van der Waals surface area contributed by atoms with E-state index in [1.807, 2.05) is 24.3 Å². The lowest BCUT2D eigenvalue weighted by atomic mass is 10.00. The van der Waals surface area contributed by atoms with Crippen LogP contribution in [0.5, 0.6) is 0 Å². The van der Waals surface area contributed by atoms with Gasteiger partial charge in [0, 0.05) is 13.1 Å². The number of aliphatic hydroxyl groups is 1. The lowest BCUT2D eigenvalue weighted by Crippen LogP contribution is -2.24. The fraction of sp³-hybridized carbons (Fsp3) is 0.562. The second kappa shape index (κ2) is 8.72. The van der Waals surface area contributed by atoms with E-state index < -0.39 is 6.10 Å². The van der Waals surface area contributed by atoms with Crippen molar-refractivity contribution >= 4 is 5.97 Å². The van der Waals surface area contributed by atoms with Crippen molar-refractivity contribution in [1.29, 1.82) is 0 Å². The molecule has 0 aromatic heterocycles. The van der Waals surface area contributed by atoms with Crippen LogP contribution in [0.25, 0.3) is 0 Å². The molecule has 1 aromatic rings. The lowest BCUT2D eigenvalue weighted by Gasteiger charge is -2.13. The summed E-state index contributed by atoms with van der Waals surface area (Å²) in [5.41, 5.74) is 2.15. The molecule has 0 saturated heterocycles. The van der Waals surface area contributed by atoms with E-state index in [4.69, 9.17) is 4.74 Å². The first-order valence-electron chi connectivity index (χ1n) is 7.18. The van der Waals surface area contributed by atoms with E-state index in [0.29, 0.717) is 32.0 Å². The van der Waals surface area contributed by atoms with Crippen LogP contribution in [0.2, 0.25) is 0 Å². The standard InChI is InChI=1S/C16H25NO3/c1-4-20-16(19)9-10-17-11-15(18)14-7-5-13(6-8-14)12(2)3/h5-8,12,15,17-18H,4,9-11H2,1-3H3. The summed E-state index contributed by atoms with van der Waals surface area (Å²) in [6.45, 7) is 7.42. The Bertz CT molecular complexity index is 401. The lowest BCUT2D eigenvalue weighted by molar-refractivity contribution is -0.143. The Morgan fingerprint density at radius 3 is 2.40 bits per heavy atom. The number of ether oxygens (including phenoxy) is 1. The van der Waals surface area contributed by atoms with E-state index in [-0.39, 0.29) is 5.97 Å². The molecular formula is C16H25NO3. The number of hydrogen-bond donors (Lipinski definition) is 2. The molecule has 0 aliphatic carbocycles. The first-order valence-corrected chi connectivity index (χ1v) is 7.18. The minimum Gasteiger partial charge on any atom is -0.466 e. The van der Waals surface area contributed by atoms with Crippen LogP contribution < -0.4 is 5.32 Å². The summed E-state index contributed by atoms with van der Waals surface area (Å²) in [6.07, 6.45) is -0.231. The van der Waals surface area contributed by atoms with Gasteiger partial charge in [-0.25, -0.2) is 0 Å². The molecule has 2 N–H and O–H groups in total. The Labute approximate surface area is 121 Å². The number of rotatable bonds is 8. The molecule has 112 valence electrons. The molecule has 0 aliphatic rings. The third-order valence-electron chi connectivity index (χ3n) is 3.14. The molecule has 0 heterocycles. The van der Waals surface area contributed by atoms with Crippen molar-refractivity contribution in [3.8, 4) is 0 Å². The van der Waals surface area contributed by atoms with Gasteiger partial charge in [0.25, 0.3) is 0 Å². The highest BCUT2D eigenvalue weighted by Gasteiger charge is 2.08. The molecule has 1 atom stereocenters. The van der Waals surface area contributed by atoms with Crippen molar-refractivity contribution in [1.82, 2.24) is 5.32 Å². The third kappa shape index (κ3) is 5.72. The van der Waals surface area contributed by atoms with E-state index in [1.165, 1.54) is 5.56 Å². The van der Waals surface area contributed by atoms with Crippen molar-refractivity contribution in [3.05, 3.63) is 35.4 Å². The van der Waals surface area contributed by atoms with Crippen LogP contribution >= 0.6 is 0 Å². The zero-order chi connectivity index (χ0) is 15.0. The minimum atomic E-state index is -0.557. The summed E-state index contributed by atoms with van der Waals surface area (Å²) in [6, 6.07) is 7.99. The summed E-state index contributed by atoms with van der Waals surface area (Å²) < 4.78 is 4.83. The quantitative estimate of drug-likeness (QED) is 0.566. The molecule has 1 aromatic carbocycles. The van der Waals surface area contributed by atoms with Gasteiger partial charge < -0.3 is 15.2 Å². The summed E-state index contributed by atoms with van der Waals surface area (Å²) in [7, 11) is 0. The fourth-order valence-electron chi connectivity index (χ4n) is 1.88. The monoisotopic (exact) mass is 279 g/mol. The van der Waals surface area contributed by atoms with E-state index in [0.717, 1.165) is 5.56 Å². The first-order chi connectivity index (χ1) is 9.54. The number of benzene rings is 1. The van der Waals surface area contributed by atoms with Crippen LogP contribution in [-0.2, 0) is 9.53 Å². The van der Waals surface area contributed by atoms with E-state index in [9.17, 15) is 9.90 Å². The van der Waals surface area contributed by atoms with E-state index in [2.05, 4.69) is 19.2 Å². The van der Waals surface area contributed by atoms with Gasteiger partial charge in [-0.3, -0.25) is 4.79 Å². The van der Waals surface area contributed by atoms with Gasteiger partial charge in [-0.15, -0.1) is 0 Å². The first kappa shape index (κ1) is 16.7. The number of carbonyl (C=O) groups excluding carboxylic acids is 1. The number of esters is 1. The normalized spacial score (nSPS) is 12.4. The van der Waals surface area contributed by atoms with E-state index >= 15 is 0 Å². The zero-order valence-electron chi connectivity index (χ0n) is 12.6. The third-order valence-corrected chi connectivity index (χ3v) is 3.14. The molecule has 1 rings (SSSR count). The summed E-state index contributed by atoms with van der Waals surface area (Å²) in [5, 5.41) is 13.1. The van der Waals surface area contributed by atoms with Crippen LogP contribution in [0.3, 0.4) is 0 Å². The molecular weight excluding hydrogens is 254 g/mol. The molecule has 4 heteroatoms. The second-order valence-corrected chi connectivity index (χ2v) is 5.10. The minimum absolute atomic E-state index is 0.212. The maximum atomic E-state index is 11.1. The molecule has 0 radical (unpaired) electrons. The number of nitrogens with one attached hydrogen (secondary N) is 1. The molecule has 0 saturated carbocycles. The Morgan fingerprint density at radius 1 is 1.25 bits per heavy atom. The highest BCUT2D eigenvalue weighted by molar-refractivity contribution is 5.69. The van der Waals surface area contributed by atoms with Gasteiger partial charge in [0.05, 0.1) is 19.1 Å². The highest BCUT2D eigenvalue weighted by atomic mass is 16.5. The Hall–Kier alpha value is -1.39. The van der Waals surface area contributed by atoms with Crippen LogP contribution in [0.4, 0.5) is 0 Å².